The molecule has 3 aromatic rings. The van der Waals surface area contributed by atoms with Crippen LogP contribution in [0.25, 0.3) is 11.3 Å². The molecule has 6 nitrogen and oxygen atoms in total. The highest BCUT2D eigenvalue weighted by atomic mass is 79.9. The number of benzene rings is 2. The molecule has 28 heavy (non-hydrogen) atoms. The molecule has 2 aromatic carbocycles. The van der Waals surface area contributed by atoms with Crippen LogP contribution in [0.15, 0.2) is 58.4 Å². The Labute approximate surface area is 173 Å². The number of carbonyl (C=O) groups excluding carboxylic acids is 3. The Morgan fingerprint density at radius 2 is 1.68 bits per heavy atom. The number of aromatic nitrogens is 1. The van der Waals surface area contributed by atoms with E-state index in [2.05, 4.69) is 26.2 Å². The minimum Gasteiger partial charge on any atom is -0.300 e. The lowest BCUT2D eigenvalue weighted by Gasteiger charge is -2.21. The third-order valence-electron chi connectivity index (χ3n) is 4.47. The number of amides is 3. The maximum Gasteiger partial charge on any atom is 0.262 e. The standard InChI is InChI=1S/C20H14BrN3O3S/c1-11(24-18(26)14-4-2-3-5-15(14)19(24)27)17(25)23-20-22-16(10-28-20)12-6-8-13(21)9-7-12/h2-11H,1H3,(H,22,23,25). The van der Waals surface area contributed by atoms with Crippen molar-refractivity contribution in [2.24, 2.45) is 0 Å². The van der Waals surface area contributed by atoms with Gasteiger partial charge in [-0.3, -0.25) is 19.3 Å². The van der Waals surface area contributed by atoms with E-state index < -0.39 is 23.8 Å². The van der Waals surface area contributed by atoms with E-state index >= 15 is 0 Å². The Hall–Kier alpha value is -2.84. The van der Waals surface area contributed by atoms with Gasteiger partial charge in [0, 0.05) is 15.4 Å². The summed E-state index contributed by atoms with van der Waals surface area (Å²) in [7, 11) is 0. The van der Waals surface area contributed by atoms with Gasteiger partial charge in [-0.1, -0.05) is 40.2 Å². The molecule has 0 aliphatic carbocycles. The van der Waals surface area contributed by atoms with Crippen molar-refractivity contribution >= 4 is 50.1 Å². The van der Waals surface area contributed by atoms with Gasteiger partial charge in [-0.2, -0.15) is 0 Å². The Kier molecular flexibility index (Phi) is 4.82. The number of nitrogens with zero attached hydrogens (tertiary/aromatic N) is 2. The van der Waals surface area contributed by atoms with Crippen LogP contribution in [-0.4, -0.2) is 33.6 Å². The molecule has 0 bridgehead atoms. The van der Waals surface area contributed by atoms with Crippen molar-refractivity contribution in [2.75, 3.05) is 5.32 Å². The van der Waals surface area contributed by atoms with E-state index in [0.29, 0.717) is 16.3 Å². The summed E-state index contributed by atoms with van der Waals surface area (Å²) in [4.78, 5) is 43.1. The Morgan fingerprint density at radius 1 is 1.07 bits per heavy atom. The first-order valence-electron chi connectivity index (χ1n) is 8.45. The van der Waals surface area contributed by atoms with Crippen LogP contribution in [0.5, 0.6) is 0 Å². The quantitative estimate of drug-likeness (QED) is 0.597. The maximum atomic E-state index is 12.6. The molecular formula is C20H14BrN3O3S. The number of halogens is 1. The summed E-state index contributed by atoms with van der Waals surface area (Å²) in [5.74, 6) is -1.39. The molecule has 0 radical (unpaired) electrons. The van der Waals surface area contributed by atoms with Crippen molar-refractivity contribution < 1.29 is 14.4 Å². The zero-order valence-electron chi connectivity index (χ0n) is 14.7. The van der Waals surface area contributed by atoms with Crippen LogP contribution in [0.4, 0.5) is 5.13 Å². The van der Waals surface area contributed by atoms with Crippen LogP contribution in [0.3, 0.4) is 0 Å². The van der Waals surface area contributed by atoms with Crippen LogP contribution in [0, 0.1) is 0 Å². The van der Waals surface area contributed by atoms with Gasteiger partial charge in [-0.25, -0.2) is 4.98 Å². The van der Waals surface area contributed by atoms with Gasteiger partial charge in [-0.15, -0.1) is 11.3 Å². The normalized spacial score (nSPS) is 14.1. The number of fused-ring (bicyclic) bond motifs is 1. The highest BCUT2D eigenvalue weighted by Crippen LogP contribution is 2.28. The summed E-state index contributed by atoms with van der Waals surface area (Å²) < 4.78 is 0.967. The van der Waals surface area contributed by atoms with Gasteiger partial charge in [0.15, 0.2) is 5.13 Å². The molecule has 140 valence electrons. The molecule has 1 N–H and O–H groups in total. The molecule has 0 spiro atoms. The fourth-order valence-electron chi connectivity index (χ4n) is 2.97. The van der Waals surface area contributed by atoms with Gasteiger partial charge in [0.05, 0.1) is 16.8 Å². The van der Waals surface area contributed by atoms with Gasteiger partial charge < -0.3 is 5.32 Å². The number of anilines is 1. The molecule has 2 heterocycles. The van der Waals surface area contributed by atoms with E-state index in [1.807, 2.05) is 29.6 Å². The summed E-state index contributed by atoms with van der Waals surface area (Å²) in [5.41, 5.74) is 2.30. The second-order valence-electron chi connectivity index (χ2n) is 6.24. The van der Waals surface area contributed by atoms with Crippen molar-refractivity contribution in [1.82, 2.24) is 9.88 Å². The first kappa shape index (κ1) is 18.5. The summed E-state index contributed by atoms with van der Waals surface area (Å²) in [6, 6.07) is 13.3. The van der Waals surface area contributed by atoms with Gasteiger partial charge in [-0.05, 0) is 31.2 Å². The minimum absolute atomic E-state index is 0.318. The lowest BCUT2D eigenvalue weighted by atomic mass is 10.1. The average molecular weight is 456 g/mol. The summed E-state index contributed by atoms with van der Waals surface area (Å²) >= 11 is 4.67. The molecule has 0 saturated heterocycles. The van der Waals surface area contributed by atoms with Crippen molar-refractivity contribution in [3.05, 3.63) is 69.5 Å². The smallest absolute Gasteiger partial charge is 0.262 e. The molecule has 8 heteroatoms. The predicted molar refractivity (Wildman–Crippen MR) is 110 cm³/mol. The first-order chi connectivity index (χ1) is 13.5. The topological polar surface area (TPSA) is 79.4 Å². The van der Waals surface area contributed by atoms with E-state index in [9.17, 15) is 14.4 Å². The van der Waals surface area contributed by atoms with Gasteiger partial charge >= 0.3 is 0 Å². The van der Waals surface area contributed by atoms with E-state index in [1.165, 1.54) is 18.3 Å². The molecule has 0 fully saturated rings. The zero-order chi connectivity index (χ0) is 19.8. The van der Waals surface area contributed by atoms with E-state index in [0.717, 1.165) is 20.6 Å². The minimum atomic E-state index is -0.951. The molecule has 0 saturated carbocycles. The third-order valence-corrected chi connectivity index (χ3v) is 5.75. The molecule has 1 aliphatic rings. The van der Waals surface area contributed by atoms with Crippen LogP contribution in [0.2, 0.25) is 0 Å². The Balaban J connectivity index is 1.49. The van der Waals surface area contributed by atoms with Crippen LogP contribution in [0.1, 0.15) is 27.6 Å². The summed E-state index contributed by atoms with van der Waals surface area (Å²) in [6.45, 7) is 1.53. The number of hydrogen-bond donors (Lipinski definition) is 1. The van der Waals surface area contributed by atoms with Crippen molar-refractivity contribution in [3.63, 3.8) is 0 Å². The van der Waals surface area contributed by atoms with Gasteiger partial charge in [0.1, 0.15) is 6.04 Å². The van der Waals surface area contributed by atoms with Gasteiger partial charge in [0.25, 0.3) is 11.8 Å². The number of nitrogens with one attached hydrogen (secondary N) is 1. The highest BCUT2D eigenvalue weighted by Gasteiger charge is 2.40. The van der Waals surface area contributed by atoms with E-state index in [1.54, 1.807) is 24.3 Å². The monoisotopic (exact) mass is 455 g/mol. The van der Waals surface area contributed by atoms with E-state index in [4.69, 9.17) is 0 Å². The Bertz CT molecular complexity index is 1060. The molecule has 1 aliphatic heterocycles. The molecule has 1 aromatic heterocycles. The number of hydrogen-bond acceptors (Lipinski definition) is 5. The van der Waals surface area contributed by atoms with Crippen LogP contribution < -0.4 is 5.32 Å². The summed E-state index contributed by atoms with van der Waals surface area (Å²) in [5, 5.41) is 4.95. The molecule has 1 unspecified atom stereocenters. The third kappa shape index (κ3) is 3.25. The number of rotatable bonds is 4. The lowest BCUT2D eigenvalue weighted by molar-refractivity contribution is -0.119. The second-order valence-corrected chi connectivity index (χ2v) is 8.01. The number of imide groups is 1. The highest BCUT2D eigenvalue weighted by molar-refractivity contribution is 9.10. The maximum absolute atomic E-state index is 12.6. The molecular weight excluding hydrogens is 442 g/mol. The van der Waals surface area contributed by atoms with Crippen molar-refractivity contribution in [3.8, 4) is 11.3 Å². The largest absolute Gasteiger partial charge is 0.300 e. The number of thiazole rings is 1. The predicted octanol–water partition coefficient (Wildman–Crippen LogP) is 4.20. The molecule has 4 rings (SSSR count). The summed E-state index contributed by atoms with van der Waals surface area (Å²) in [6.07, 6.45) is 0. The SMILES string of the molecule is CC(C(=O)Nc1nc(-c2ccc(Br)cc2)cs1)N1C(=O)c2ccccc2C1=O. The average Bonchev–Trinajstić information content (AvgIpc) is 3.25. The van der Waals surface area contributed by atoms with E-state index in [-0.39, 0.29) is 0 Å². The molecule has 1 atom stereocenters. The van der Waals surface area contributed by atoms with Crippen LogP contribution in [-0.2, 0) is 4.79 Å². The zero-order valence-corrected chi connectivity index (χ0v) is 17.1. The fourth-order valence-corrected chi connectivity index (χ4v) is 3.96. The molecule has 3 amide bonds. The number of carbonyl (C=O) groups is 3. The fraction of sp³-hybridized carbons (Fsp3) is 0.100. The van der Waals surface area contributed by atoms with Crippen molar-refractivity contribution in [1.29, 1.82) is 0 Å². The Morgan fingerprint density at radius 3 is 2.29 bits per heavy atom. The lowest BCUT2D eigenvalue weighted by Crippen LogP contribution is -2.45. The van der Waals surface area contributed by atoms with Crippen LogP contribution >= 0.6 is 27.3 Å². The van der Waals surface area contributed by atoms with Crippen molar-refractivity contribution in [2.45, 2.75) is 13.0 Å². The van der Waals surface area contributed by atoms with Gasteiger partial charge in [0.2, 0.25) is 5.91 Å². The first-order valence-corrected chi connectivity index (χ1v) is 10.1. The second kappa shape index (κ2) is 7.29.